The molecule has 17 nitrogen and oxygen atoms in total. The smallest absolute Gasteiger partial charge is 0.326 e. The molecule has 56 heavy (non-hydrogen) atoms. The normalized spacial score (nSPS) is 15.9. The van der Waals surface area contributed by atoms with Crippen LogP contribution >= 0.6 is 0 Å². The molecule has 2 aromatic carbocycles. The highest BCUT2D eigenvalue weighted by Gasteiger charge is 2.13. The first-order valence-corrected chi connectivity index (χ1v) is 18.2. The van der Waals surface area contributed by atoms with Crippen LogP contribution in [0.1, 0.15) is 27.2 Å². The van der Waals surface area contributed by atoms with Gasteiger partial charge in [0.2, 0.25) is 5.88 Å². The van der Waals surface area contributed by atoms with Gasteiger partial charge in [0.15, 0.2) is 23.1 Å². The van der Waals surface area contributed by atoms with Crippen molar-refractivity contribution < 1.29 is 19.4 Å². The highest BCUT2D eigenvalue weighted by molar-refractivity contribution is 5.84. The third-order valence-electron chi connectivity index (χ3n) is 9.31. The van der Waals surface area contributed by atoms with E-state index in [9.17, 15) is 14.7 Å². The third-order valence-corrected chi connectivity index (χ3v) is 9.31. The highest BCUT2D eigenvalue weighted by Crippen LogP contribution is 2.19. The van der Waals surface area contributed by atoms with Crippen LogP contribution in [0.5, 0.6) is 5.88 Å². The van der Waals surface area contributed by atoms with Crippen LogP contribution < -0.4 is 21.7 Å². The van der Waals surface area contributed by atoms with Gasteiger partial charge >= 0.3 is 5.69 Å². The van der Waals surface area contributed by atoms with E-state index >= 15 is 0 Å². The Hall–Kier alpha value is -6.53. The van der Waals surface area contributed by atoms with Crippen molar-refractivity contribution in [1.82, 2.24) is 49.0 Å². The Morgan fingerprint density at radius 1 is 0.804 bits per heavy atom. The van der Waals surface area contributed by atoms with Gasteiger partial charge in [-0.3, -0.25) is 19.6 Å². The zero-order valence-electron chi connectivity index (χ0n) is 30.4. The number of rotatable bonds is 9. The fourth-order valence-electron chi connectivity index (χ4n) is 6.51. The number of anilines is 2. The van der Waals surface area contributed by atoms with E-state index in [2.05, 4.69) is 74.5 Å². The van der Waals surface area contributed by atoms with Gasteiger partial charge in [-0.25, -0.2) is 28.8 Å². The Morgan fingerprint density at radius 2 is 1.48 bits per heavy atom. The van der Waals surface area contributed by atoms with Gasteiger partial charge in [0, 0.05) is 68.6 Å². The summed E-state index contributed by atoms with van der Waals surface area (Å²) >= 11 is 0. The number of hydrogen-bond acceptors (Lipinski definition) is 13. The summed E-state index contributed by atoms with van der Waals surface area (Å²) < 4.78 is 14.0. The van der Waals surface area contributed by atoms with E-state index in [4.69, 9.17) is 9.47 Å². The van der Waals surface area contributed by atoms with Gasteiger partial charge in [-0.05, 0) is 47.5 Å². The maximum atomic E-state index is 11.4. The largest absolute Gasteiger partial charge is 0.493 e. The number of hydrogen-bond donors (Lipinski definition) is 4. The first-order valence-electron chi connectivity index (χ1n) is 18.2. The highest BCUT2D eigenvalue weighted by atomic mass is 16.5. The zero-order chi connectivity index (χ0) is 38.3. The van der Waals surface area contributed by atoms with E-state index in [-0.39, 0.29) is 11.6 Å². The molecule has 2 saturated heterocycles. The van der Waals surface area contributed by atoms with Gasteiger partial charge in [0.25, 0.3) is 0 Å². The second-order valence-corrected chi connectivity index (χ2v) is 13.3. The van der Waals surface area contributed by atoms with Crippen molar-refractivity contribution in [3.8, 4) is 5.88 Å². The third kappa shape index (κ3) is 8.88. The molecule has 0 amide bonds. The van der Waals surface area contributed by atoms with Crippen LogP contribution in [-0.2, 0) is 22.6 Å². The number of morpholine rings is 2. The van der Waals surface area contributed by atoms with E-state index in [1.807, 2.05) is 30.3 Å². The van der Waals surface area contributed by atoms with Crippen LogP contribution in [0.2, 0.25) is 0 Å². The summed E-state index contributed by atoms with van der Waals surface area (Å²) in [5.74, 6) is 0.446. The van der Waals surface area contributed by atoms with E-state index in [1.165, 1.54) is 17.3 Å². The van der Waals surface area contributed by atoms with Crippen molar-refractivity contribution in [2.75, 3.05) is 57.9 Å². The number of nitrogens with zero attached hydrogens (tertiary/aromatic N) is 9. The maximum Gasteiger partial charge on any atom is 0.326 e. The molecule has 9 rings (SSSR count). The molecule has 4 N–H and O–H groups in total. The number of aromatic amines is 2. The van der Waals surface area contributed by atoms with E-state index < -0.39 is 5.69 Å². The molecule has 2 aliphatic rings. The zero-order valence-corrected chi connectivity index (χ0v) is 30.4. The van der Waals surface area contributed by atoms with Crippen LogP contribution in [0.25, 0.3) is 17.4 Å². The van der Waals surface area contributed by atoms with Crippen molar-refractivity contribution in [1.29, 1.82) is 0 Å². The number of nitrogens with one attached hydrogen (secondary N) is 3. The SMILES string of the molecule is O=Cc1cnn2ccc(Nc3cccc(CN4CCOCC4)c3)nc12.O=c1[nH]c(O)c(C=c2cnn3ccc(=Nc4cccc(CN5CCOCC5)c4)nc23)[nH]1. The average Bonchev–Trinajstić information content (AvgIpc) is 3.91. The summed E-state index contributed by atoms with van der Waals surface area (Å²) in [6.45, 7) is 8.70. The van der Waals surface area contributed by atoms with Crippen LogP contribution in [0.3, 0.4) is 0 Å². The molecule has 0 spiro atoms. The summed E-state index contributed by atoms with van der Waals surface area (Å²) in [6.07, 6.45) is 9.06. The number of aldehydes is 1. The van der Waals surface area contributed by atoms with Crippen molar-refractivity contribution in [2.45, 2.75) is 13.1 Å². The molecule has 17 heteroatoms. The molecule has 0 saturated carbocycles. The first kappa shape index (κ1) is 36.4. The first-order chi connectivity index (χ1) is 27.5. The molecule has 5 aromatic heterocycles. The number of fused-ring (bicyclic) bond motifs is 2. The number of imidazole rings is 1. The number of H-pyrrole nitrogens is 2. The lowest BCUT2D eigenvalue weighted by Crippen LogP contribution is -2.35. The number of aromatic hydroxyl groups is 1. The summed E-state index contributed by atoms with van der Waals surface area (Å²) in [4.78, 5) is 45.7. The molecule has 0 unspecified atom stereocenters. The molecule has 2 aliphatic heterocycles. The predicted octanol–water partition coefficient (Wildman–Crippen LogP) is 2.18. The number of carbonyl (C=O) groups excluding carboxylic acids is 1. The topological polar surface area (TPSA) is 196 Å². The standard InChI is InChI=1S/C21H21N7O3.C18H19N5O2/c29-20-17(24-21(30)26-20)11-15-12-22-28-5-4-18(25-19(15)28)23-16-3-1-2-14(10-16)13-27-6-8-31-9-7-27;24-13-15-11-19-23-5-4-17(21-18(15)23)20-16-3-1-2-14(10-16)12-22-6-8-25-9-7-22/h1-5,10-12,29H,6-9,13H2,(H2,24,26,30);1-5,10-11,13H,6-9,12H2,(H,20,21). The van der Waals surface area contributed by atoms with E-state index in [1.54, 1.807) is 39.8 Å². The second kappa shape index (κ2) is 16.9. The van der Waals surface area contributed by atoms with Gasteiger partial charge in [0.05, 0.1) is 50.1 Å². The lowest BCUT2D eigenvalue weighted by atomic mass is 10.2. The summed E-state index contributed by atoms with van der Waals surface area (Å²) in [7, 11) is 0. The van der Waals surface area contributed by atoms with Crippen LogP contribution in [0, 0.1) is 0 Å². The van der Waals surface area contributed by atoms with Gasteiger partial charge < -0.3 is 24.9 Å². The number of aromatic nitrogens is 8. The molecule has 0 bridgehead atoms. The average molecular weight is 757 g/mol. The molecule has 286 valence electrons. The summed E-state index contributed by atoms with van der Waals surface area (Å²) in [5, 5.41) is 22.1. The Labute approximate surface area is 319 Å². The fraction of sp³-hybridized carbons (Fsp3) is 0.256. The number of ether oxygens (including phenoxy) is 2. The van der Waals surface area contributed by atoms with Gasteiger partial charge in [-0.2, -0.15) is 10.2 Å². The molecular weight excluding hydrogens is 717 g/mol. The van der Waals surface area contributed by atoms with Gasteiger partial charge in [-0.1, -0.05) is 24.3 Å². The molecule has 0 aliphatic carbocycles. The van der Waals surface area contributed by atoms with Gasteiger partial charge in [0.1, 0.15) is 11.5 Å². The quantitative estimate of drug-likeness (QED) is 0.157. The van der Waals surface area contributed by atoms with Crippen LogP contribution in [0.15, 0.2) is 95.2 Å². The number of carbonyl (C=O) groups is 1. The Morgan fingerprint density at radius 3 is 2.20 bits per heavy atom. The van der Waals surface area contributed by atoms with Crippen molar-refractivity contribution in [3.05, 3.63) is 129 Å². The second-order valence-electron chi connectivity index (χ2n) is 13.3. The Bertz CT molecular complexity index is 2640. The number of benzene rings is 2. The molecule has 2 fully saturated rings. The van der Waals surface area contributed by atoms with Crippen molar-refractivity contribution in [2.24, 2.45) is 4.99 Å². The molecule has 0 radical (unpaired) electrons. The lowest BCUT2D eigenvalue weighted by Gasteiger charge is -2.26. The van der Waals surface area contributed by atoms with Crippen LogP contribution in [-0.4, -0.2) is 113 Å². The molecular formula is C39H40N12O5. The minimum atomic E-state index is -0.485. The van der Waals surface area contributed by atoms with E-state index in [0.29, 0.717) is 33.4 Å². The summed E-state index contributed by atoms with van der Waals surface area (Å²) in [5.41, 5.74) is 6.12. The predicted molar refractivity (Wildman–Crippen MR) is 207 cm³/mol. The van der Waals surface area contributed by atoms with Crippen LogP contribution in [0.4, 0.5) is 17.2 Å². The van der Waals surface area contributed by atoms with Gasteiger partial charge in [-0.15, -0.1) is 0 Å². The van der Waals surface area contributed by atoms with Crippen molar-refractivity contribution in [3.63, 3.8) is 0 Å². The fourth-order valence-corrected chi connectivity index (χ4v) is 6.51. The van der Waals surface area contributed by atoms with E-state index in [0.717, 1.165) is 83.4 Å². The minimum Gasteiger partial charge on any atom is -0.493 e. The van der Waals surface area contributed by atoms with Crippen molar-refractivity contribution >= 4 is 40.8 Å². The molecule has 0 atom stereocenters. The molecule has 7 aromatic rings. The maximum absolute atomic E-state index is 11.4. The monoisotopic (exact) mass is 756 g/mol. The summed E-state index contributed by atoms with van der Waals surface area (Å²) in [6, 6.07) is 20.0. The Balaban J connectivity index is 0.000000161. The molecule has 7 heterocycles. The lowest BCUT2D eigenvalue weighted by molar-refractivity contribution is 0.0341. The minimum absolute atomic E-state index is 0.234. The Kier molecular flexibility index (Phi) is 11.0.